The summed E-state index contributed by atoms with van der Waals surface area (Å²) < 4.78 is 5.69. The summed E-state index contributed by atoms with van der Waals surface area (Å²) in [6.45, 7) is 4.39. The highest BCUT2D eigenvalue weighted by Crippen LogP contribution is 2.29. The minimum Gasteiger partial charge on any atom is -0.391 e. The molecule has 2 saturated heterocycles. The fraction of sp³-hybridized carbons (Fsp3) is 0.941. The van der Waals surface area contributed by atoms with Crippen molar-refractivity contribution in [1.29, 1.82) is 0 Å². The normalized spacial score (nSPS) is 38.7. The number of carbonyl (C=O) groups is 1. The fourth-order valence-electron chi connectivity index (χ4n) is 3.74. The minimum absolute atomic E-state index is 0. The van der Waals surface area contributed by atoms with Crippen LogP contribution >= 0.6 is 24.2 Å². The van der Waals surface area contributed by atoms with Crippen molar-refractivity contribution >= 4 is 30.1 Å². The molecule has 0 aliphatic carbocycles. The van der Waals surface area contributed by atoms with Gasteiger partial charge in [0.1, 0.15) is 29.9 Å². The lowest BCUT2D eigenvalue weighted by molar-refractivity contribution is -0.211. The number of aliphatic hydroxyl groups excluding tert-OH is 4. The highest BCUT2D eigenvalue weighted by atomic mass is 35.5. The van der Waals surface area contributed by atoms with E-state index in [1.165, 1.54) is 18.7 Å². The highest BCUT2D eigenvalue weighted by Gasteiger charge is 2.48. The Bertz CT molecular complexity index is 473. The molecule has 0 radical (unpaired) electrons. The number of rotatable bonds is 7. The second-order valence-corrected chi connectivity index (χ2v) is 8.24. The number of halogens is 1. The maximum absolute atomic E-state index is 12.6. The Labute approximate surface area is 170 Å². The number of hydrogen-bond acceptors (Lipinski definition) is 8. The van der Waals surface area contributed by atoms with Crippen LogP contribution in [-0.4, -0.2) is 87.2 Å². The van der Waals surface area contributed by atoms with Gasteiger partial charge in [-0.3, -0.25) is 4.79 Å². The molecule has 8 nitrogen and oxygen atoms in total. The van der Waals surface area contributed by atoms with E-state index in [2.05, 4.69) is 17.6 Å². The Morgan fingerprint density at radius 3 is 2.52 bits per heavy atom. The molecule has 9 atom stereocenters. The van der Waals surface area contributed by atoms with E-state index in [1.807, 2.05) is 0 Å². The van der Waals surface area contributed by atoms with Gasteiger partial charge in [-0.15, -0.1) is 24.2 Å². The molecule has 2 fully saturated rings. The molecular weight excluding hydrogens is 396 g/mol. The first-order chi connectivity index (χ1) is 12.3. The number of ether oxygens (including phenoxy) is 1. The predicted octanol–water partition coefficient (Wildman–Crippen LogP) is -0.777. The van der Waals surface area contributed by atoms with Gasteiger partial charge < -0.3 is 35.8 Å². The molecule has 27 heavy (non-hydrogen) atoms. The topological polar surface area (TPSA) is 131 Å². The van der Waals surface area contributed by atoms with Gasteiger partial charge in [0.25, 0.3) is 0 Å². The standard InChI is InChI=1S/C17H32N2O6S.ClH/c1-4-5-9-6-10(18-7-9)16(24)19-11(8(2)20)15-13(22)12(21)14(23)17(25-15)26-3;/h8-15,17-18,20-23H,4-7H2,1-3H3,(H,19,24);1H. The average molecular weight is 429 g/mol. The summed E-state index contributed by atoms with van der Waals surface area (Å²) in [7, 11) is 0. The molecule has 0 aromatic carbocycles. The molecule has 2 aliphatic heterocycles. The first-order valence-electron chi connectivity index (χ1n) is 9.24. The van der Waals surface area contributed by atoms with Gasteiger partial charge >= 0.3 is 0 Å². The zero-order valence-corrected chi connectivity index (χ0v) is 17.6. The molecule has 2 aliphatic rings. The number of amides is 1. The number of carbonyl (C=O) groups excluding carboxylic acids is 1. The first kappa shape index (κ1) is 24.9. The van der Waals surface area contributed by atoms with E-state index < -0.39 is 42.0 Å². The first-order valence-corrected chi connectivity index (χ1v) is 10.5. The van der Waals surface area contributed by atoms with Crippen LogP contribution in [0.15, 0.2) is 0 Å². The maximum atomic E-state index is 12.6. The van der Waals surface area contributed by atoms with Crippen molar-refractivity contribution in [2.45, 2.75) is 81.1 Å². The third kappa shape index (κ3) is 5.93. The van der Waals surface area contributed by atoms with Crippen molar-refractivity contribution < 1.29 is 30.0 Å². The molecule has 9 unspecified atom stereocenters. The van der Waals surface area contributed by atoms with Crippen LogP contribution in [0.25, 0.3) is 0 Å². The van der Waals surface area contributed by atoms with Gasteiger partial charge in [0.2, 0.25) is 5.91 Å². The molecule has 0 aromatic rings. The second kappa shape index (κ2) is 11.2. The molecule has 10 heteroatoms. The number of nitrogens with one attached hydrogen (secondary N) is 2. The van der Waals surface area contributed by atoms with Crippen LogP contribution in [0.1, 0.15) is 33.1 Å². The second-order valence-electron chi connectivity index (χ2n) is 7.30. The minimum atomic E-state index is -1.42. The van der Waals surface area contributed by atoms with Gasteiger partial charge in [-0.05, 0) is 38.5 Å². The molecule has 6 N–H and O–H groups in total. The lowest BCUT2D eigenvalue weighted by Crippen LogP contribution is -2.65. The number of hydrogen-bond donors (Lipinski definition) is 6. The van der Waals surface area contributed by atoms with Crippen LogP contribution < -0.4 is 10.6 Å². The monoisotopic (exact) mass is 428 g/mol. The Balaban J connectivity index is 0.00000364. The molecule has 2 rings (SSSR count). The van der Waals surface area contributed by atoms with E-state index in [0.29, 0.717) is 5.92 Å². The van der Waals surface area contributed by atoms with Gasteiger partial charge in [0.05, 0.1) is 18.2 Å². The quantitative estimate of drug-likeness (QED) is 0.311. The van der Waals surface area contributed by atoms with Crippen LogP contribution in [0.5, 0.6) is 0 Å². The molecule has 160 valence electrons. The van der Waals surface area contributed by atoms with Crippen molar-refractivity contribution in [2.24, 2.45) is 5.92 Å². The van der Waals surface area contributed by atoms with Crippen LogP contribution in [0, 0.1) is 5.92 Å². The van der Waals surface area contributed by atoms with Gasteiger partial charge in [-0.2, -0.15) is 0 Å². The molecule has 0 saturated carbocycles. The van der Waals surface area contributed by atoms with Gasteiger partial charge in [-0.1, -0.05) is 13.3 Å². The lowest BCUT2D eigenvalue weighted by atomic mass is 9.92. The summed E-state index contributed by atoms with van der Waals surface area (Å²) in [6, 6.07) is -1.25. The summed E-state index contributed by atoms with van der Waals surface area (Å²) in [5.41, 5.74) is -0.755. The summed E-state index contributed by atoms with van der Waals surface area (Å²) >= 11 is 1.19. The molecular formula is C17H33ClN2O6S. The summed E-state index contributed by atoms with van der Waals surface area (Å²) in [4.78, 5) is 12.6. The molecule has 2 heterocycles. The summed E-state index contributed by atoms with van der Waals surface area (Å²) in [5, 5.41) is 46.5. The zero-order chi connectivity index (χ0) is 19.4. The smallest absolute Gasteiger partial charge is 0.237 e. The molecule has 0 bridgehead atoms. The van der Waals surface area contributed by atoms with Crippen LogP contribution in [0.2, 0.25) is 0 Å². The molecule has 0 spiro atoms. The van der Waals surface area contributed by atoms with Crippen molar-refractivity contribution in [3.63, 3.8) is 0 Å². The van der Waals surface area contributed by atoms with Crippen molar-refractivity contribution in [2.75, 3.05) is 12.8 Å². The SMILES string of the molecule is CCCC1CNC(C(=O)NC(C(C)O)C2OC(SC)C(O)C(O)C2O)C1.Cl. The van der Waals surface area contributed by atoms with E-state index in [0.717, 1.165) is 25.8 Å². The number of aliphatic hydroxyl groups is 4. The van der Waals surface area contributed by atoms with E-state index in [1.54, 1.807) is 6.26 Å². The van der Waals surface area contributed by atoms with Gasteiger partial charge in [0.15, 0.2) is 0 Å². The third-order valence-corrected chi connectivity index (χ3v) is 6.11. The third-order valence-electron chi connectivity index (χ3n) is 5.26. The summed E-state index contributed by atoms with van der Waals surface area (Å²) in [5.74, 6) is 0.196. The van der Waals surface area contributed by atoms with E-state index in [9.17, 15) is 25.2 Å². The van der Waals surface area contributed by atoms with Crippen molar-refractivity contribution in [3.05, 3.63) is 0 Å². The Morgan fingerprint density at radius 2 is 1.96 bits per heavy atom. The summed E-state index contributed by atoms with van der Waals surface area (Å²) in [6.07, 6.45) is -1.54. The van der Waals surface area contributed by atoms with Crippen molar-refractivity contribution in [3.8, 4) is 0 Å². The zero-order valence-electron chi connectivity index (χ0n) is 15.9. The Hall–Kier alpha value is -0.130. The van der Waals surface area contributed by atoms with E-state index in [-0.39, 0.29) is 24.4 Å². The Morgan fingerprint density at radius 1 is 1.30 bits per heavy atom. The Kier molecular flexibility index (Phi) is 10.3. The average Bonchev–Trinajstić information content (AvgIpc) is 3.07. The maximum Gasteiger partial charge on any atom is 0.237 e. The number of thioether (sulfide) groups is 1. The molecule has 1 amide bonds. The van der Waals surface area contributed by atoms with Crippen LogP contribution in [-0.2, 0) is 9.53 Å². The van der Waals surface area contributed by atoms with Crippen LogP contribution in [0.4, 0.5) is 0 Å². The van der Waals surface area contributed by atoms with E-state index >= 15 is 0 Å². The van der Waals surface area contributed by atoms with Gasteiger partial charge in [0, 0.05) is 0 Å². The fourth-order valence-corrected chi connectivity index (χ4v) is 4.42. The van der Waals surface area contributed by atoms with E-state index in [4.69, 9.17) is 4.74 Å². The van der Waals surface area contributed by atoms with Crippen LogP contribution in [0.3, 0.4) is 0 Å². The predicted molar refractivity (Wildman–Crippen MR) is 106 cm³/mol. The largest absolute Gasteiger partial charge is 0.391 e. The molecule has 0 aromatic heterocycles. The lowest BCUT2D eigenvalue weighted by Gasteiger charge is -2.44. The van der Waals surface area contributed by atoms with Crippen molar-refractivity contribution in [1.82, 2.24) is 10.6 Å². The highest BCUT2D eigenvalue weighted by molar-refractivity contribution is 7.99. The van der Waals surface area contributed by atoms with Gasteiger partial charge in [-0.25, -0.2) is 0 Å².